The summed E-state index contributed by atoms with van der Waals surface area (Å²) in [5.74, 6) is -0.364. The van der Waals surface area contributed by atoms with Gasteiger partial charge in [0.2, 0.25) is 0 Å². The molecule has 0 radical (unpaired) electrons. The second-order valence-electron chi connectivity index (χ2n) is 5.43. The normalized spacial score (nSPS) is 13.0. The number of aromatic nitrogens is 2. The van der Waals surface area contributed by atoms with Gasteiger partial charge >= 0.3 is 0 Å². The molecule has 1 amide bonds. The number of rotatable bonds is 2. The molecule has 0 saturated heterocycles. The molecule has 0 atom stereocenters. The van der Waals surface area contributed by atoms with E-state index in [-0.39, 0.29) is 11.0 Å². The fraction of sp³-hybridized carbons (Fsp3) is 0.333. The predicted octanol–water partition coefficient (Wildman–Crippen LogP) is 2.96. The predicted molar refractivity (Wildman–Crippen MR) is 105 cm³/mol. The maximum atomic E-state index is 12.2. The van der Waals surface area contributed by atoms with E-state index in [1.54, 1.807) is 29.3 Å². The molecule has 0 spiro atoms. The maximum Gasteiger partial charge on any atom is 0.279 e. The van der Waals surface area contributed by atoms with Crippen LogP contribution in [0.1, 0.15) is 39.3 Å². The van der Waals surface area contributed by atoms with Crippen LogP contribution < -0.4 is 10.6 Å². The Morgan fingerprint density at radius 1 is 1.50 bits per heavy atom. The Bertz CT molecular complexity index is 864. The number of hydrogen-bond donors (Lipinski definition) is 2. The Hall–Kier alpha value is -1.51. The molecule has 2 heterocycles. The third-order valence-corrected chi connectivity index (χ3v) is 5.94. The second kappa shape index (κ2) is 7.16. The van der Waals surface area contributed by atoms with Gasteiger partial charge in [0, 0.05) is 18.1 Å². The Morgan fingerprint density at radius 3 is 2.92 bits per heavy atom. The number of anilines is 1. The molecule has 0 bridgehead atoms. The number of thiocarbonyl (C=S) groups is 1. The van der Waals surface area contributed by atoms with Crippen molar-refractivity contribution in [2.24, 2.45) is 7.05 Å². The third-order valence-electron chi connectivity index (χ3n) is 3.74. The number of thiophene rings is 1. The zero-order valence-electron chi connectivity index (χ0n) is 12.9. The molecule has 2 aromatic heterocycles. The fourth-order valence-electron chi connectivity index (χ4n) is 2.68. The summed E-state index contributed by atoms with van der Waals surface area (Å²) in [6.07, 6.45) is 5.95. The van der Waals surface area contributed by atoms with Crippen LogP contribution in [0.2, 0.25) is 0 Å². The number of nitriles is 1. The first-order valence-electron chi connectivity index (χ1n) is 7.35. The van der Waals surface area contributed by atoms with Gasteiger partial charge in [-0.25, -0.2) is 0 Å². The van der Waals surface area contributed by atoms with Crippen molar-refractivity contribution in [3.63, 3.8) is 0 Å². The zero-order chi connectivity index (χ0) is 17.3. The van der Waals surface area contributed by atoms with Crippen LogP contribution in [0.4, 0.5) is 5.00 Å². The van der Waals surface area contributed by atoms with Crippen LogP contribution >= 0.6 is 46.1 Å². The molecule has 0 unspecified atom stereocenters. The molecule has 0 aromatic carbocycles. The monoisotopic (exact) mass is 471 g/mol. The van der Waals surface area contributed by atoms with Gasteiger partial charge in [-0.1, -0.05) is 0 Å². The van der Waals surface area contributed by atoms with Crippen LogP contribution in [0.25, 0.3) is 0 Å². The summed E-state index contributed by atoms with van der Waals surface area (Å²) in [7, 11) is 1.75. The van der Waals surface area contributed by atoms with E-state index in [1.807, 2.05) is 0 Å². The smallest absolute Gasteiger partial charge is 0.279 e. The van der Waals surface area contributed by atoms with Gasteiger partial charge in [-0.2, -0.15) is 10.4 Å². The van der Waals surface area contributed by atoms with Gasteiger partial charge in [0.05, 0.1) is 9.13 Å². The van der Waals surface area contributed by atoms with E-state index in [2.05, 4.69) is 44.4 Å². The summed E-state index contributed by atoms with van der Waals surface area (Å²) < 4.78 is 2.33. The van der Waals surface area contributed by atoms with Crippen molar-refractivity contribution in [3.05, 3.63) is 31.5 Å². The Morgan fingerprint density at radius 2 is 2.25 bits per heavy atom. The van der Waals surface area contributed by atoms with E-state index in [4.69, 9.17) is 12.2 Å². The summed E-state index contributed by atoms with van der Waals surface area (Å²) in [5, 5.41) is 20.1. The van der Waals surface area contributed by atoms with E-state index < -0.39 is 0 Å². The first-order chi connectivity index (χ1) is 11.5. The molecule has 2 N–H and O–H groups in total. The number of nitrogens with zero attached hydrogens (tertiary/aromatic N) is 3. The Labute approximate surface area is 162 Å². The molecule has 0 fully saturated rings. The lowest BCUT2D eigenvalue weighted by atomic mass is 9.96. The second-order valence-corrected chi connectivity index (χ2v) is 8.11. The molecule has 0 saturated carbocycles. The number of nitrogens with one attached hydrogen (secondary N) is 2. The van der Waals surface area contributed by atoms with Crippen molar-refractivity contribution in [1.29, 1.82) is 5.26 Å². The highest BCUT2D eigenvalue weighted by Crippen LogP contribution is 2.37. The van der Waals surface area contributed by atoms with Crippen molar-refractivity contribution >= 4 is 62.2 Å². The standard InChI is InChI=1S/C15H14IN5OS2/c1-21-7-10(16)12(20-21)13(22)18-15(23)19-14-9(6-17)8-4-2-3-5-11(8)24-14/h7H,2-5H2,1H3,(H2,18,19,22,23). The van der Waals surface area contributed by atoms with Crippen LogP contribution in [0, 0.1) is 14.9 Å². The lowest BCUT2D eigenvalue weighted by molar-refractivity contribution is 0.0971. The minimum atomic E-state index is -0.364. The van der Waals surface area contributed by atoms with Crippen molar-refractivity contribution in [3.8, 4) is 6.07 Å². The molecule has 1 aliphatic carbocycles. The van der Waals surface area contributed by atoms with Gasteiger partial charge in [-0.15, -0.1) is 11.3 Å². The summed E-state index contributed by atoms with van der Waals surface area (Å²) >= 11 is 8.83. The average molecular weight is 471 g/mol. The summed E-state index contributed by atoms with van der Waals surface area (Å²) in [4.78, 5) is 13.5. The molecule has 124 valence electrons. The highest BCUT2D eigenvalue weighted by Gasteiger charge is 2.22. The van der Waals surface area contributed by atoms with E-state index in [0.29, 0.717) is 16.3 Å². The van der Waals surface area contributed by atoms with Gasteiger partial charge in [-0.3, -0.25) is 14.8 Å². The molecular weight excluding hydrogens is 457 g/mol. The van der Waals surface area contributed by atoms with Gasteiger partial charge < -0.3 is 5.32 Å². The Balaban J connectivity index is 1.74. The number of aryl methyl sites for hydroxylation is 2. The molecule has 6 nitrogen and oxygen atoms in total. The van der Waals surface area contributed by atoms with E-state index in [1.165, 1.54) is 4.88 Å². The molecule has 2 aromatic rings. The summed E-state index contributed by atoms with van der Waals surface area (Å²) in [6.45, 7) is 0. The van der Waals surface area contributed by atoms with Crippen LogP contribution in [0.15, 0.2) is 6.20 Å². The van der Waals surface area contributed by atoms with Gasteiger partial charge in [-0.05, 0) is 66.1 Å². The number of halogens is 1. The number of carbonyl (C=O) groups is 1. The molecule has 24 heavy (non-hydrogen) atoms. The van der Waals surface area contributed by atoms with Crippen LogP contribution in [-0.4, -0.2) is 20.8 Å². The van der Waals surface area contributed by atoms with Gasteiger partial charge in [0.25, 0.3) is 5.91 Å². The van der Waals surface area contributed by atoms with Crippen LogP contribution in [0.3, 0.4) is 0 Å². The van der Waals surface area contributed by atoms with Crippen LogP contribution in [-0.2, 0) is 19.9 Å². The number of fused-ring (bicyclic) bond motifs is 1. The maximum absolute atomic E-state index is 12.2. The lowest BCUT2D eigenvalue weighted by Crippen LogP contribution is -2.34. The van der Waals surface area contributed by atoms with E-state index in [0.717, 1.165) is 34.8 Å². The van der Waals surface area contributed by atoms with E-state index >= 15 is 0 Å². The highest BCUT2D eigenvalue weighted by molar-refractivity contribution is 14.1. The molecule has 0 aliphatic heterocycles. The molecule has 1 aliphatic rings. The fourth-order valence-corrected chi connectivity index (χ4v) is 4.94. The highest BCUT2D eigenvalue weighted by atomic mass is 127. The number of carbonyl (C=O) groups excluding carboxylic acids is 1. The first-order valence-corrected chi connectivity index (χ1v) is 9.66. The molecule has 3 rings (SSSR count). The average Bonchev–Trinajstić information content (AvgIpc) is 3.05. The molecule has 9 heteroatoms. The van der Waals surface area contributed by atoms with Gasteiger partial charge in [0.15, 0.2) is 10.8 Å². The summed E-state index contributed by atoms with van der Waals surface area (Å²) in [5.41, 5.74) is 2.11. The Kier molecular flexibility index (Phi) is 5.17. The van der Waals surface area contributed by atoms with Gasteiger partial charge in [0.1, 0.15) is 11.1 Å². The molecular formula is C15H14IN5OS2. The largest absolute Gasteiger partial charge is 0.323 e. The van der Waals surface area contributed by atoms with Crippen molar-refractivity contribution in [1.82, 2.24) is 15.1 Å². The zero-order valence-corrected chi connectivity index (χ0v) is 16.6. The number of hydrogen-bond acceptors (Lipinski definition) is 5. The van der Waals surface area contributed by atoms with Crippen LogP contribution in [0.5, 0.6) is 0 Å². The van der Waals surface area contributed by atoms with Crippen molar-refractivity contribution in [2.75, 3.05) is 5.32 Å². The third kappa shape index (κ3) is 3.45. The quantitative estimate of drug-likeness (QED) is 0.520. The summed E-state index contributed by atoms with van der Waals surface area (Å²) in [6, 6.07) is 2.27. The minimum Gasteiger partial charge on any atom is -0.323 e. The topological polar surface area (TPSA) is 82.7 Å². The minimum absolute atomic E-state index is 0.177. The van der Waals surface area contributed by atoms with E-state index in [9.17, 15) is 10.1 Å². The first kappa shape index (κ1) is 17.3. The van der Waals surface area contributed by atoms with Crippen molar-refractivity contribution < 1.29 is 4.79 Å². The lowest BCUT2D eigenvalue weighted by Gasteiger charge is -2.09. The SMILES string of the molecule is Cn1cc(I)c(C(=O)NC(=S)Nc2sc3c(c2C#N)CCCC3)n1. The number of amides is 1. The van der Waals surface area contributed by atoms with Crippen molar-refractivity contribution in [2.45, 2.75) is 25.7 Å².